The summed E-state index contributed by atoms with van der Waals surface area (Å²) in [5, 5.41) is 15.9. The second-order valence-electron chi connectivity index (χ2n) is 15.6. The van der Waals surface area contributed by atoms with Gasteiger partial charge < -0.3 is 29.6 Å². The van der Waals surface area contributed by atoms with Gasteiger partial charge in [0.05, 0.1) is 38.7 Å². The zero-order valence-electron chi connectivity index (χ0n) is 31.8. The fourth-order valence-electron chi connectivity index (χ4n) is 9.04. The first kappa shape index (κ1) is 38.6. The number of imidazole rings is 2. The number of amides is 2. The molecule has 3 aliphatic heterocycles. The lowest BCUT2D eigenvalue weighted by Crippen LogP contribution is -2.42. The SMILES string of the molecule is Cn1c(C(=O)Nc2cccc(-c3cccc(NC(=O)c4nc5c(n4C)CCN(C4CCOCC4)C5)c3Cl)c2Cl)nc2c1CCN(C[C@H]1CC[C@H](C(=O)O)CC1)C2. The molecule has 0 spiro atoms. The molecule has 2 fully saturated rings. The maximum absolute atomic E-state index is 13.7. The second kappa shape index (κ2) is 16.3. The lowest BCUT2D eigenvalue weighted by molar-refractivity contribution is -0.143. The van der Waals surface area contributed by atoms with Crippen molar-refractivity contribution in [2.45, 2.75) is 70.5 Å². The first-order valence-corrected chi connectivity index (χ1v) is 20.4. The van der Waals surface area contributed by atoms with Gasteiger partial charge in [-0.25, -0.2) is 9.97 Å². The van der Waals surface area contributed by atoms with Crippen molar-refractivity contribution >= 4 is 52.4 Å². The monoisotopic (exact) mass is 802 g/mol. The smallest absolute Gasteiger partial charge is 0.306 e. The predicted octanol–water partition coefficient (Wildman–Crippen LogP) is 6.42. The molecule has 3 N–H and O–H groups in total. The van der Waals surface area contributed by atoms with Crippen LogP contribution in [0.25, 0.3) is 11.1 Å². The Morgan fingerprint density at radius 3 is 1.86 bits per heavy atom. The molecule has 0 atom stereocenters. The van der Waals surface area contributed by atoms with Gasteiger partial charge in [0.25, 0.3) is 11.8 Å². The Labute approximate surface area is 336 Å². The molecule has 0 unspecified atom stereocenters. The largest absolute Gasteiger partial charge is 0.481 e. The Morgan fingerprint density at radius 1 is 0.768 bits per heavy atom. The van der Waals surface area contributed by atoms with Crippen molar-refractivity contribution in [1.82, 2.24) is 28.9 Å². The summed E-state index contributed by atoms with van der Waals surface area (Å²) >= 11 is 13.9. The Hall–Kier alpha value is -4.27. The number of nitrogens with one attached hydrogen (secondary N) is 2. The molecular formula is C41H48Cl2N8O5. The van der Waals surface area contributed by atoms with Crippen LogP contribution < -0.4 is 10.6 Å². The van der Waals surface area contributed by atoms with Crippen LogP contribution in [0.15, 0.2) is 36.4 Å². The number of aromatic nitrogens is 4. The first-order chi connectivity index (χ1) is 27.0. The quantitative estimate of drug-likeness (QED) is 0.175. The minimum atomic E-state index is -0.686. The molecular weight excluding hydrogens is 755 g/mol. The van der Waals surface area contributed by atoms with Crippen LogP contribution in [0.4, 0.5) is 11.4 Å². The average Bonchev–Trinajstić information content (AvgIpc) is 3.72. The highest BCUT2D eigenvalue weighted by Gasteiger charge is 2.32. The molecule has 0 bridgehead atoms. The van der Waals surface area contributed by atoms with E-state index in [-0.39, 0.29) is 17.7 Å². The van der Waals surface area contributed by atoms with Crippen LogP contribution in [0.3, 0.4) is 0 Å². The van der Waals surface area contributed by atoms with Crippen molar-refractivity contribution in [3.8, 4) is 11.1 Å². The molecule has 8 rings (SSSR count). The fourth-order valence-corrected chi connectivity index (χ4v) is 9.59. The normalized spacial score (nSPS) is 20.6. The van der Waals surface area contributed by atoms with Crippen LogP contribution in [-0.4, -0.2) is 90.7 Å². The van der Waals surface area contributed by atoms with Gasteiger partial charge in [0.15, 0.2) is 11.6 Å². The van der Waals surface area contributed by atoms with Gasteiger partial charge in [-0.05, 0) is 56.6 Å². The molecule has 4 aliphatic rings. The fraction of sp³-hybridized carbons (Fsp3) is 0.488. The first-order valence-electron chi connectivity index (χ1n) is 19.6. The average molecular weight is 804 g/mol. The van der Waals surface area contributed by atoms with E-state index in [1.807, 2.05) is 35.4 Å². The van der Waals surface area contributed by atoms with E-state index in [1.165, 1.54) is 0 Å². The van der Waals surface area contributed by atoms with E-state index in [1.54, 1.807) is 24.3 Å². The van der Waals surface area contributed by atoms with Crippen LogP contribution >= 0.6 is 23.2 Å². The molecule has 1 saturated heterocycles. The van der Waals surface area contributed by atoms with E-state index in [0.29, 0.717) is 69.2 Å². The van der Waals surface area contributed by atoms with Crippen molar-refractivity contribution in [1.29, 1.82) is 0 Å². The van der Waals surface area contributed by atoms with Crippen molar-refractivity contribution in [2.24, 2.45) is 25.9 Å². The van der Waals surface area contributed by atoms with E-state index < -0.39 is 5.97 Å². The van der Waals surface area contributed by atoms with E-state index in [4.69, 9.17) is 37.9 Å². The number of hydrogen-bond acceptors (Lipinski definition) is 8. The summed E-state index contributed by atoms with van der Waals surface area (Å²) in [6, 6.07) is 11.2. The van der Waals surface area contributed by atoms with E-state index >= 15 is 0 Å². The summed E-state index contributed by atoms with van der Waals surface area (Å²) in [5.74, 6) is -0.534. The molecule has 1 saturated carbocycles. The molecule has 296 valence electrons. The summed E-state index contributed by atoms with van der Waals surface area (Å²) in [4.78, 5) is 53.2. The van der Waals surface area contributed by atoms with Gasteiger partial charge in [-0.1, -0.05) is 47.5 Å². The number of nitrogens with zero attached hydrogens (tertiary/aromatic N) is 6. The van der Waals surface area contributed by atoms with Gasteiger partial charge in [-0.15, -0.1) is 0 Å². The third-order valence-electron chi connectivity index (χ3n) is 12.2. The number of rotatable bonds is 9. The lowest BCUT2D eigenvalue weighted by Gasteiger charge is -2.36. The molecule has 0 radical (unpaired) electrons. The number of halogens is 2. The molecule has 2 aromatic carbocycles. The summed E-state index contributed by atoms with van der Waals surface area (Å²) < 4.78 is 9.30. The molecule has 2 aromatic heterocycles. The molecule has 1 aliphatic carbocycles. The maximum atomic E-state index is 13.7. The number of aliphatic carboxylic acids is 1. The number of carboxylic acid groups (broad SMARTS) is 1. The molecule has 13 nitrogen and oxygen atoms in total. The highest BCUT2D eigenvalue weighted by molar-refractivity contribution is 6.40. The Balaban J connectivity index is 0.937. The summed E-state index contributed by atoms with van der Waals surface area (Å²) in [5.41, 5.74) is 5.95. The highest BCUT2D eigenvalue weighted by atomic mass is 35.5. The summed E-state index contributed by atoms with van der Waals surface area (Å²) in [6.07, 6.45) is 6.92. The zero-order chi connectivity index (χ0) is 39.1. The van der Waals surface area contributed by atoms with Crippen molar-refractivity contribution in [3.05, 3.63) is 80.9 Å². The van der Waals surface area contributed by atoms with Gasteiger partial charge >= 0.3 is 5.97 Å². The number of benzene rings is 2. The van der Waals surface area contributed by atoms with Gasteiger partial charge in [0, 0.05) is 101 Å². The van der Waals surface area contributed by atoms with Gasteiger partial charge in [0.2, 0.25) is 0 Å². The van der Waals surface area contributed by atoms with Gasteiger partial charge in [-0.3, -0.25) is 24.2 Å². The van der Waals surface area contributed by atoms with Crippen molar-refractivity contribution < 1.29 is 24.2 Å². The Kier molecular flexibility index (Phi) is 11.2. The molecule has 5 heterocycles. The minimum absolute atomic E-state index is 0.224. The second-order valence-corrected chi connectivity index (χ2v) is 16.4. The number of hydrogen-bond donors (Lipinski definition) is 3. The van der Waals surface area contributed by atoms with Crippen molar-refractivity contribution in [3.63, 3.8) is 0 Å². The van der Waals surface area contributed by atoms with Crippen LogP contribution in [-0.2, 0) is 49.6 Å². The van der Waals surface area contributed by atoms with Crippen LogP contribution in [0, 0.1) is 11.8 Å². The van der Waals surface area contributed by atoms with Crippen LogP contribution in [0.2, 0.25) is 10.0 Å². The molecule has 56 heavy (non-hydrogen) atoms. The van der Waals surface area contributed by atoms with E-state index in [0.717, 1.165) is 107 Å². The number of ether oxygens (including phenoxy) is 1. The topological polar surface area (TPSA) is 147 Å². The minimum Gasteiger partial charge on any atom is -0.481 e. The van der Waals surface area contributed by atoms with E-state index in [9.17, 15) is 19.5 Å². The molecule has 15 heteroatoms. The summed E-state index contributed by atoms with van der Waals surface area (Å²) in [6.45, 7) is 5.61. The van der Waals surface area contributed by atoms with Crippen molar-refractivity contribution in [2.75, 3.05) is 43.5 Å². The van der Waals surface area contributed by atoms with Crippen LogP contribution in [0.5, 0.6) is 0 Å². The van der Waals surface area contributed by atoms with Gasteiger partial charge in [-0.2, -0.15) is 0 Å². The standard InChI is InChI=1S/C41H48Cl2N8O5/c1-48-33-13-17-50(21-24-9-11-25(12-10-24)41(54)55)22-31(33)44-37(48)39(52)46-29-7-3-5-27(35(29)42)28-6-4-8-30(36(28)43)47-40(53)38-45-32-23-51(18-14-34(32)49(38)2)26-15-19-56-20-16-26/h3-8,24-26H,9-23H2,1-2H3,(H,46,52)(H,47,53)(H,54,55)/t24-,25-. The third kappa shape index (κ3) is 7.71. The number of fused-ring (bicyclic) bond motifs is 2. The highest BCUT2D eigenvalue weighted by Crippen LogP contribution is 2.41. The number of carboxylic acids is 1. The molecule has 4 aromatic rings. The number of anilines is 2. The zero-order valence-corrected chi connectivity index (χ0v) is 33.3. The Bertz CT molecular complexity index is 2150. The maximum Gasteiger partial charge on any atom is 0.306 e. The predicted molar refractivity (Wildman–Crippen MR) is 214 cm³/mol. The number of carbonyl (C=O) groups excluding carboxylic acids is 2. The van der Waals surface area contributed by atoms with Gasteiger partial charge in [0.1, 0.15) is 0 Å². The number of carbonyl (C=O) groups is 3. The lowest BCUT2D eigenvalue weighted by atomic mass is 9.81. The van der Waals surface area contributed by atoms with Crippen LogP contribution in [0.1, 0.15) is 82.5 Å². The third-order valence-corrected chi connectivity index (χ3v) is 13.0. The summed E-state index contributed by atoms with van der Waals surface area (Å²) in [7, 11) is 3.75. The molecule has 2 amide bonds. The van der Waals surface area contributed by atoms with E-state index in [2.05, 4.69) is 20.4 Å². The Morgan fingerprint density at radius 2 is 1.30 bits per heavy atom.